The Morgan fingerprint density at radius 2 is 2.00 bits per heavy atom. The lowest BCUT2D eigenvalue weighted by atomic mass is 10.1. The van der Waals surface area contributed by atoms with E-state index in [-0.39, 0.29) is 0 Å². The summed E-state index contributed by atoms with van der Waals surface area (Å²) in [4.78, 5) is 14.4. The predicted molar refractivity (Wildman–Crippen MR) is 52.5 cm³/mol. The second-order valence-corrected chi connectivity index (χ2v) is 2.97. The first-order valence-electron chi connectivity index (χ1n) is 4.20. The Kier molecular flexibility index (Phi) is 3.24. The summed E-state index contributed by atoms with van der Waals surface area (Å²) in [6.45, 7) is 8.86. The SMILES string of the molecule is [C-]#[N+]C(C(=O)OC)c1ccc(C)cc1. The van der Waals surface area contributed by atoms with Crippen LogP contribution in [0.1, 0.15) is 17.2 Å². The van der Waals surface area contributed by atoms with Gasteiger partial charge in [-0.25, -0.2) is 11.4 Å². The second kappa shape index (κ2) is 4.43. The molecule has 1 aromatic carbocycles. The Bertz CT molecular complexity index is 362. The first-order valence-corrected chi connectivity index (χ1v) is 4.20. The molecule has 1 atom stereocenters. The Hall–Kier alpha value is -1.82. The minimum atomic E-state index is -0.833. The Labute approximate surface area is 83.1 Å². The smallest absolute Gasteiger partial charge is 0.395 e. The third kappa shape index (κ3) is 2.11. The second-order valence-electron chi connectivity index (χ2n) is 2.97. The van der Waals surface area contributed by atoms with Gasteiger partial charge in [0.25, 0.3) is 0 Å². The molecule has 3 nitrogen and oxygen atoms in total. The number of hydrogen-bond acceptors (Lipinski definition) is 2. The summed E-state index contributed by atoms with van der Waals surface area (Å²) in [7, 11) is 1.29. The van der Waals surface area contributed by atoms with Crippen molar-refractivity contribution in [2.75, 3.05) is 7.11 Å². The van der Waals surface area contributed by atoms with Crippen molar-refractivity contribution in [1.29, 1.82) is 0 Å². The zero-order valence-corrected chi connectivity index (χ0v) is 8.15. The van der Waals surface area contributed by atoms with Gasteiger partial charge in [-0.1, -0.05) is 29.8 Å². The van der Waals surface area contributed by atoms with E-state index in [1.807, 2.05) is 19.1 Å². The standard InChI is InChI=1S/C11H11NO2/c1-8-4-6-9(7-5-8)10(12-2)11(13)14-3/h4-7,10H,1,3H3. The summed E-state index contributed by atoms with van der Waals surface area (Å²) in [6.07, 6.45) is 0. The average Bonchev–Trinajstić information content (AvgIpc) is 2.21. The highest BCUT2D eigenvalue weighted by atomic mass is 16.5. The van der Waals surface area contributed by atoms with Crippen molar-refractivity contribution in [2.45, 2.75) is 13.0 Å². The van der Waals surface area contributed by atoms with Crippen LogP contribution in [-0.2, 0) is 9.53 Å². The molecule has 0 fully saturated rings. The van der Waals surface area contributed by atoms with Crippen molar-refractivity contribution < 1.29 is 9.53 Å². The van der Waals surface area contributed by atoms with Gasteiger partial charge in [0.05, 0.1) is 7.11 Å². The van der Waals surface area contributed by atoms with Gasteiger partial charge in [0, 0.05) is 5.56 Å². The number of carbonyl (C=O) groups excluding carboxylic acids is 1. The van der Waals surface area contributed by atoms with Crippen LogP contribution in [0.25, 0.3) is 4.85 Å². The van der Waals surface area contributed by atoms with Crippen LogP contribution < -0.4 is 0 Å². The fraction of sp³-hybridized carbons (Fsp3) is 0.273. The lowest BCUT2D eigenvalue weighted by Gasteiger charge is -2.03. The molecule has 14 heavy (non-hydrogen) atoms. The molecule has 1 aromatic rings. The molecule has 3 heteroatoms. The zero-order valence-electron chi connectivity index (χ0n) is 8.15. The van der Waals surface area contributed by atoms with E-state index < -0.39 is 12.0 Å². The van der Waals surface area contributed by atoms with Gasteiger partial charge < -0.3 is 4.74 Å². The number of methoxy groups -OCH3 is 1. The van der Waals surface area contributed by atoms with E-state index in [9.17, 15) is 4.79 Å². The lowest BCUT2D eigenvalue weighted by Crippen LogP contribution is -2.10. The van der Waals surface area contributed by atoms with E-state index in [0.717, 1.165) is 5.56 Å². The van der Waals surface area contributed by atoms with Gasteiger partial charge in [-0.05, 0) is 6.92 Å². The number of benzene rings is 1. The summed E-state index contributed by atoms with van der Waals surface area (Å²) < 4.78 is 4.54. The molecule has 0 saturated carbocycles. The molecule has 1 unspecified atom stereocenters. The maximum absolute atomic E-state index is 11.2. The Morgan fingerprint density at radius 1 is 1.43 bits per heavy atom. The van der Waals surface area contributed by atoms with Crippen LogP contribution in [0.15, 0.2) is 24.3 Å². The largest absolute Gasteiger partial charge is 0.463 e. The minimum absolute atomic E-state index is 0.510. The molecule has 0 N–H and O–H groups in total. The van der Waals surface area contributed by atoms with E-state index in [4.69, 9.17) is 6.57 Å². The van der Waals surface area contributed by atoms with Crippen LogP contribution in [0, 0.1) is 13.5 Å². The maximum Gasteiger partial charge on any atom is 0.395 e. The van der Waals surface area contributed by atoms with E-state index >= 15 is 0 Å². The topological polar surface area (TPSA) is 30.7 Å². The molecule has 1 rings (SSSR count). The Balaban J connectivity index is 2.97. The molecule has 72 valence electrons. The number of hydrogen-bond donors (Lipinski definition) is 0. The van der Waals surface area contributed by atoms with E-state index in [1.165, 1.54) is 7.11 Å². The fourth-order valence-corrected chi connectivity index (χ4v) is 1.12. The van der Waals surface area contributed by atoms with Crippen molar-refractivity contribution in [1.82, 2.24) is 0 Å². The molecule has 0 aliphatic heterocycles. The number of carbonyl (C=O) groups is 1. The van der Waals surface area contributed by atoms with Crippen molar-refractivity contribution in [3.05, 3.63) is 46.8 Å². The van der Waals surface area contributed by atoms with Crippen LogP contribution in [0.4, 0.5) is 0 Å². The average molecular weight is 189 g/mol. The van der Waals surface area contributed by atoms with Gasteiger partial charge in [-0.3, -0.25) is 4.85 Å². The molecular weight excluding hydrogens is 178 g/mol. The maximum atomic E-state index is 11.2. The minimum Gasteiger partial charge on any atom is -0.463 e. The van der Waals surface area contributed by atoms with Gasteiger partial charge in [-0.2, -0.15) is 0 Å². The summed E-state index contributed by atoms with van der Waals surface area (Å²) in [6, 6.07) is 6.46. The first kappa shape index (κ1) is 10.3. The molecule has 0 aromatic heterocycles. The summed E-state index contributed by atoms with van der Waals surface area (Å²) in [5.74, 6) is -0.510. The van der Waals surface area contributed by atoms with Gasteiger partial charge >= 0.3 is 12.0 Å². The highest BCUT2D eigenvalue weighted by molar-refractivity contribution is 5.79. The number of aryl methyl sites for hydroxylation is 1. The zero-order chi connectivity index (χ0) is 10.6. The first-order chi connectivity index (χ1) is 6.69. The van der Waals surface area contributed by atoms with Crippen LogP contribution in [0.3, 0.4) is 0 Å². The molecule has 0 aliphatic carbocycles. The fourth-order valence-electron chi connectivity index (χ4n) is 1.12. The third-order valence-corrected chi connectivity index (χ3v) is 1.95. The van der Waals surface area contributed by atoms with Crippen LogP contribution in [0.2, 0.25) is 0 Å². The van der Waals surface area contributed by atoms with E-state index in [2.05, 4.69) is 9.58 Å². The van der Waals surface area contributed by atoms with E-state index in [0.29, 0.717) is 5.56 Å². The molecule has 0 bridgehead atoms. The number of rotatable bonds is 2. The van der Waals surface area contributed by atoms with E-state index in [1.54, 1.807) is 12.1 Å². The Morgan fingerprint density at radius 3 is 2.43 bits per heavy atom. The van der Waals surface area contributed by atoms with Crippen molar-refractivity contribution in [2.24, 2.45) is 0 Å². The van der Waals surface area contributed by atoms with Gasteiger partial charge in [-0.15, -0.1) is 0 Å². The molecule has 0 amide bonds. The summed E-state index contributed by atoms with van der Waals surface area (Å²) >= 11 is 0. The van der Waals surface area contributed by atoms with Crippen molar-refractivity contribution in [3.8, 4) is 0 Å². The highest BCUT2D eigenvalue weighted by Crippen LogP contribution is 2.19. The van der Waals surface area contributed by atoms with Crippen molar-refractivity contribution in [3.63, 3.8) is 0 Å². The molecule has 0 radical (unpaired) electrons. The third-order valence-electron chi connectivity index (χ3n) is 1.95. The van der Waals surface area contributed by atoms with Gasteiger partial charge in [0.2, 0.25) is 0 Å². The number of ether oxygens (including phenoxy) is 1. The quantitative estimate of drug-likeness (QED) is 0.527. The highest BCUT2D eigenvalue weighted by Gasteiger charge is 2.26. The molecule has 0 spiro atoms. The van der Waals surface area contributed by atoms with Crippen molar-refractivity contribution >= 4 is 5.97 Å². The normalized spacial score (nSPS) is 11.5. The van der Waals surface area contributed by atoms with Crippen LogP contribution >= 0.6 is 0 Å². The number of nitrogens with zero attached hydrogens (tertiary/aromatic N) is 1. The summed E-state index contributed by atoms with van der Waals surface area (Å²) in [5, 5.41) is 0. The number of esters is 1. The lowest BCUT2D eigenvalue weighted by molar-refractivity contribution is -0.141. The molecular formula is C11H11NO2. The van der Waals surface area contributed by atoms with Crippen LogP contribution in [-0.4, -0.2) is 13.1 Å². The molecule has 0 aliphatic rings. The monoisotopic (exact) mass is 189 g/mol. The van der Waals surface area contributed by atoms with Gasteiger partial charge in [0.15, 0.2) is 0 Å². The summed E-state index contributed by atoms with van der Waals surface area (Å²) in [5.41, 5.74) is 1.78. The van der Waals surface area contributed by atoms with Gasteiger partial charge in [0.1, 0.15) is 0 Å². The predicted octanol–water partition coefficient (Wildman–Crippen LogP) is 2.13. The molecule has 0 heterocycles. The molecule has 0 saturated heterocycles. The van der Waals surface area contributed by atoms with Crippen LogP contribution in [0.5, 0.6) is 0 Å².